The summed E-state index contributed by atoms with van der Waals surface area (Å²) in [5.41, 5.74) is 0.245. The normalized spacial score (nSPS) is 11.5. The van der Waals surface area contributed by atoms with Gasteiger partial charge < -0.3 is 24.3 Å². The lowest BCUT2D eigenvalue weighted by atomic mass is 10.1. The van der Waals surface area contributed by atoms with Crippen molar-refractivity contribution in [3.8, 4) is 17.2 Å². The summed E-state index contributed by atoms with van der Waals surface area (Å²) in [4.78, 5) is 23.9. The molecule has 0 radical (unpaired) electrons. The Morgan fingerprint density at radius 2 is 1.67 bits per heavy atom. The van der Waals surface area contributed by atoms with E-state index in [2.05, 4.69) is 5.32 Å². The summed E-state index contributed by atoms with van der Waals surface area (Å²) in [5, 5.41) is 2.76. The van der Waals surface area contributed by atoms with Crippen molar-refractivity contribution < 1.29 is 28.5 Å². The molecule has 7 nitrogen and oxygen atoms in total. The summed E-state index contributed by atoms with van der Waals surface area (Å²) < 4.78 is 22.2. The van der Waals surface area contributed by atoms with Crippen LogP contribution in [0, 0.1) is 6.92 Å². The van der Waals surface area contributed by atoms with Gasteiger partial charge >= 0.3 is 12.1 Å². The summed E-state index contributed by atoms with van der Waals surface area (Å²) in [6.07, 6.45) is 0.212. The summed E-state index contributed by atoms with van der Waals surface area (Å²) in [6.45, 7) is 13.3. The first-order valence-electron chi connectivity index (χ1n) is 11.1. The first-order valence-corrected chi connectivity index (χ1v) is 11.1. The van der Waals surface area contributed by atoms with Crippen molar-refractivity contribution in [3.63, 3.8) is 0 Å². The molecule has 0 aliphatic heterocycles. The number of ether oxygens (including phenoxy) is 4. The van der Waals surface area contributed by atoms with E-state index in [1.54, 1.807) is 32.9 Å². The van der Waals surface area contributed by atoms with Crippen LogP contribution in [0.5, 0.6) is 17.2 Å². The van der Waals surface area contributed by atoms with Gasteiger partial charge in [0.05, 0.1) is 6.61 Å². The highest BCUT2D eigenvalue weighted by molar-refractivity contribution is 5.79. The summed E-state index contributed by atoms with van der Waals surface area (Å²) in [7, 11) is 0. The molecule has 1 amide bonds. The first kappa shape index (κ1) is 26.0. The Bertz CT molecular complexity index is 961. The lowest BCUT2D eigenvalue weighted by Gasteiger charge is -2.25. The van der Waals surface area contributed by atoms with Crippen LogP contribution in [-0.2, 0) is 20.7 Å². The second kappa shape index (κ2) is 11.1. The van der Waals surface area contributed by atoms with Crippen LogP contribution in [0.2, 0.25) is 0 Å². The third kappa shape index (κ3) is 8.67. The quantitative estimate of drug-likeness (QED) is 0.495. The Kier molecular flexibility index (Phi) is 8.74. The van der Waals surface area contributed by atoms with Gasteiger partial charge in [0, 0.05) is 6.54 Å². The van der Waals surface area contributed by atoms with E-state index < -0.39 is 23.3 Å². The Morgan fingerprint density at radius 3 is 2.30 bits per heavy atom. The summed E-state index contributed by atoms with van der Waals surface area (Å²) >= 11 is 0. The van der Waals surface area contributed by atoms with E-state index in [0.717, 1.165) is 11.1 Å². The highest BCUT2D eigenvalue weighted by Crippen LogP contribution is 2.30. The van der Waals surface area contributed by atoms with Crippen LogP contribution in [-0.4, -0.2) is 36.4 Å². The van der Waals surface area contributed by atoms with Gasteiger partial charge in [-0.1, -0.05) is 12.1 Å². The third-order valence-corrected chi connectivity index (χ3v) is 4.49. The predicted molar refractivity (Wildman–Crippen MR) is 127 cm³/mol. The van der Waals surface area contributed by atoms with E-state index in [9.17, 15) is 9.59 Å². The molecule has 2 aromatic rings. The molecule has 0 spiro atoms. The molecule has 0 saturated heterocycles. The summed E-state index contributed by atoms with van der Waals surface area (Å²) in [6, 6.07) is 13.1. The largest absolute Gasteiger partial charge is 0.476 e. The fourth-order valence-electron chi connectivity index (χ4n) is 2.94. The minimum absolute atomic E-state index is 0.299. The van der Waals surface area contributed by atoms with Gasteiger partial charge in [-0.2, -0.15) is 0 Å². The molecule has 0 fully saturated rings. The van der Waals surface area contributed by atoms with E-state index >= 15 is 0 Å². The molecule has 33 heavy (non-hydrogen) atoms. The molecule has 0 aliphatic carbocycles. The predicted octanol–water partition coefficient (Wildman–Crippen LogP) is 5.58. The number of alkyl carbamates (subject to hydrolysis) is 1. The van der Waals surface area contributed by atoms with Crippen LogP contribution in [0.3, 0.4) is 0 Å². The van der Waals surface area contributed by atoms with Crippen LogP contribution < -0.4 is 14.8 Å². The van der Waals surface area contributed by atoms with Gasteiger partial charge in [-0.25, -0.2) is 9.59 Å². The van der Waals surface area contributed by atoms with Gasteiger partial charge in [0.15, 0.2) is 5.60 Å². The number of hydrogen-bond donors (Lipinski definition) is 1. The lowest BCUT2D eigenvalue weighted by Crippen LogP contribution is -2.39. The van der Waals surface area contributed by atoms with Crippen molar-refractivity contribution in [1.29, 1.82) is 0 Å². The molecule has 1 N–H and O–H groups in total. The minimum atomic E-state index is -1.09. The van der Waals surface area contributed by atoms with Crippen LogP contribution in [0.15, 0.2) is 42.5 Å². The van der Waals surface area contributed by atoms with Gasteiger partial charge in [0.25, 0.3) is 0 Å². The molecule has 0 aliphatic rings. The number of carbonyl (C=O) groups excluding carboxylic acids is 2. The monoisotopic (exact) mass is 457 g/mol. The number of aryl methyl sites for hydroxylation is 1. The zero-order valence-corrected chi connectivity index (χ0v) is 20.6. The molecule has 2 aromatic carbocycles. The first-order chi connectivity index (χ1) is 15.4. The third-order valence-electron chi connectivity index (χ3n) is 4.49. The Morgan fingerprint density at radius 1 is 0.970 bits per heavy atom. The molecular formula is C26H35NO6. The number of rotatable bonds is 9. The Labute approximate surface area is 196 Å². The van der Waals surface area contributed by atoms with Crippen LogP contribution in [0.25, 0.3) is 0 Å². The highest BCUT2D eigenvalue weighted by Gasteiger charge is 2.32. The van der Waals surface area contributed by atoms with Gasteiger partial charge in [0.2, 0.25) is 0 Å². The van der Waals surface area contributed by atoms with Crippen molar-refractivity contribution in [1.82, 2.24) is 5.32 Å². The van der Waals surface area contributed by atoms with Crippen molar-refractivity contribution in [2.75, 3.05) is 13.2 Å². The van der Waals surface area contributed by atoms with Gasteiger partial charge in [-0.15, -0.1) is 0 Å². The van der Waals surface area contributed by atoms with E-state index in [1.165, 1.54) is 0 Å². The fourth-order valence-corrected chi connectivity index (χ4v) is 2.94. The fraction of sp³-hybridized carbons (Fsp3) is 0.462. The number of hydrogen-bond acceptors (Lipinski definition) is 6. The highest BCUT2D eigenvalue weighted by atomic mass is 16.6. The van der Waals surface area contributed by atoms with Gasteiger partial charge in [-0.05, 0) is 96.3 Å². The summed E-state index contributed by atoms with van der Waals surface area (Å²) in [5.74, 6) is 1.51. The van der Waals surface area contributed by atoms with Gasteiger partial charge in [-0.3, -0.25) is 0 Å². The Hall–Kier alpha value is -3.22. The van der Waals surface area contributed by atoms with Crippen LogP contribution in [0.1, 0.15) is 52.7 Å². The molecule has 7 heteroatoms. The van der Waals surface area contributed by atoms with Crippen molar-refractivity contribution in [2.45, 2.75) is 66.1 Å². The molecule has 0 aromatic heterocycles. The second-order valence-electron chi connectivity index (χ2n) is 9.19. The second-order valence-corrected chi connectivity index (χ2v) is 9.19. The topological polar surface area (TPSA) is 83.1 Å². The van der Waals surface area contributed by atoms with Crippen LogP contribution >= 0.6 is 0 Å². The van der Waals surface area contributed by atoms with E-state index in [4.69, 9.17) is 18.9 Å². The lowest BCUT2D eigenvalue weighted by molar-refractivity contribution is -0.158. The zero-order valence-electron chi connectivity index (χ0n) is 20.6. The van der Waals surface area contributed by atoms with Crippen molar-refractivity contribution >= 4 is 12.1 Å². The molecule has 0 bridgehead atoms. The SMILES string of the molecule is CCOC(=O)C(C)(C)Oc1ccc(Oc2cccc(CCNC(=O)OC(C)(C)C)c2)cc1C. The molecule has 0 heterocycles. The van der Waals surface area contributed by atoms with Crippen molar-refractivity contribution in [3.05, 3.63) is 53.6 Å². The molecule has 0 atom stereocenters. The maximum absolute atomic E-state index is 12.1. The standard InChI is InChI=1S/C26H35NO6/c1-8-30-23(28)26(6,7)32-22-13-12-21(16-18(22)2)31-20-11-9-10-19(17-20)14-15-27-24(29)33-25(3,4)5/h9-13,16-17H,8,14-15H2,1-7H3,(H,27,29). The minimum Gasteiger partial charge on any atom is -0.476 e. The van der Waals surface area contributed by atoms with E-state index in [0.29, 0.717) is 36.8 Å². The Balaban J connectivity index is 1.97. The number of nitrogens with one attached hydrogen (secondary N) is 1. The molecule has 2 rings (SSSR count). The molecular weight excluding hydrogens is 422 g/mol. The smallest absolute Gasteiger partial charge is 0.407 e. The number of benzene rings is 2. The maximum Gasteiger partial charge on any atom is 0.407 e. The average Bonchev–Trinajstić information content (AvgIpc) is 2.69. The zero-order chi connectivity index (χ0) is 24.6. The number of carbonyl (C=O) groups is 2. The molecule has 180 valence electrons. The van der Waals surface area contributed by atoms with E-state index in [-0.39, 0.29) is 0 Å². The number of amides is 1. The van der Waals surface area contributed by atoms with E-state index in [1.807, 2.05) is 58.0 Å². The maximum atomic E-state index is 12.1. The molecule has 0 saturated carbocycles. The molecule has 0 unspecified atom stereocenters. The van der Waals surface area contributed by atoms with Crippen molar-refractivity contribution in [2.24, 2.45) is 0 Å². The average molecular weight is 458 g/mol. The number of esters is 1. The van der Waals surface area contributed by atoms with Gasteiger partial charge in [0.1, 0.15) is 22.8 Å². The van der Waals surface area contributed by atoms with Crippen LogP contribution in [0.4, 0.5) is 4.79 Å².